The minimum absolute atomic E-state index is 0.0538. The lowest BCUT2D eigenvalue weighted by molar-refractivity contribution is -0.384. The van der Waals surface area contributed by atoms with E-state index in [4.69, 9.17) is 10.00 Å². The first-order valence-electron chi connectivity index (χ1n) is 8.65. The molecule has 0 radical (unpaired) electrons. The molecule has 1 fully saturated rings. The summed E-state index contributed by atoms with van der Waals surface area (Å²) >= 11 is 0. The fourth-order valence-electron chi connectivity index (χ4n) is 3.12. The van der Waals surface area contributed by atoms with Crippen molar-refractivity contribution in [3.63, 3.8) is 0 Å². The predicted molar refractivity (Wildman–Crippen MR) is 98.9 cm³/mol. The van der Waals surface area contributed by atoms with E-state index >= 15 is 0 Å². The first-order chi connectivity index (χ1) is 13.3. The number of benzene rings is 1. The molecule has 3 rings (SSSR count). The van der Waals surface area contributed by atoms with Crippen molar-refractivity contribution >= 4 is 23.3 Å². The van der Waals surface area contributed by atoms with Gasteiger partial charge in [0.1, 0.15) is 6.07 Å². The van der Waals surface area contributed by atoms with E-state index in [1.165, 1.54) is 12.1 Å². The standard InChI is InChI=1S/C19H18N4O5/c1-11-7-16(12(2)22(11)14-3-4-14)19(25)28-10-18(24)21-17-6-5-15(23(26)27)8-13(17)9-20/h5-8,14H,3-4,10H2,1-2H3,(H,21,24). The highest BCUT2D eigenvalue weighted by atomic mass is 16.6. The third-order valence-corrected chi connectivity index (χ3v) is 4.56. The third kappa shape index (κ3) is 3.86. The van der Waals surface area contributed by atoms with Crippen LogP contribution in [0.1, 0.15) is 46.2 Å². The number of esters is 1. The molecule has 0 atom stereocenters. The molecule has 1 aromatic heterocycles. The molecule has 1 amide bonds. The molecule has 1 aliphatic rings. The Morgan fingerprint density at radius 1 is 1.36 bits per heavy atom. The monoisotopic (exact) mass is 382 g/mol. The highest BCUT2D eigenvalue weighted by Crippen LogP contribution is 2.38. The Balaban J connectivity index is 1.63. The molecule has 1 aromatic carbocycles. The van der Waals surface area contributed by atoms with Gasteiger partial charge in [-0.25, -0.2) is 4.79 Å². The van der Waals surface area contributed by atoms with Crippen LogP contribution in [-0.2, 0) is 9.53 Å². The van der Waals surface area contributed by atoms with Gasteiger partial charge < -0.3 is 14.6 Å². The number of ether oxygens (including phenoxy) is 1. The molecule has 0 spiro atoms. The maximum Gasteiger partial charge on any atom is 0.340 e. The number of nitriles is 1. The maximum absolute atomic E-state index is 12.3. The molecule has 9 nitrogen and oxygen atoms in total. The van der Waals surface area contributed by atoms with E-state index < -0.39 is 23.4 Å². The van der Waals surface area contributed by atoms with Crippen molar-refractivity contribution in [2.24, 2.45) is 0 Å². The molecule has 144 valence electrons. The van der Waals surface area contributed by atoms with Crippen molar-refractivity contribution < 1.29 is 19.2 Å². The minimum atomic E-state index is -0.644. The van der Waals surface area contributed by atoms with Gasteiger partial charge in [-0.3, -0.25) is 14.9 Å². The molecular weight excluding hydrogens is 364 g/mol. The zero-order chi connectivity index (χ0) is 20.4. The predicted octanol–water partition coefficient (Wildman–Crippen LogP) is 3.02. The lowest BCUT2D eigenvalue weighted by atomic mass is 10.1. The summed E-state index contributed by atoms with van der Waals surface area (Å²) in [7, 11) is 0. The SMILES string of the molecule is Cc1cc(C(=O)OCC(=O)Nc2ccc([N+](=O)[O-])cc2C#N)c(C)n1C1CC1. The van der Waals surface area contributed by atoms with Gasteiger partial charge in [-0.1, -0.05) is 0 Å². The quantitative estimate of drug-likeness (QED) is 0.465. The summed E-state index contributed by atoms with van der Waals surface area (Å²) < 4.78 is 7.20. The largest absolute Gasteiger partial charge is 0.452 e. The van der Waals surface area contributed by atoms with Gasteiger partial charge in [0.2, 0.25) is 0 Å². The Kier molecular flexibility index (Phi) is 5.13. The number of hydrogen-bond acceptors (Lipinski definition) is 6. The summed E-state index contributed by atoms with van der Waals surface area (Å²) in [6.45, 7) is 3.23. The van der Waals surface area contributed by atoms with Gasteiger partial charge >= 0.3 is 5.97 Å². The van der Waals surface area contributed by atoms with Crippen molar-refractivity contribution in [2.45, 2.75) is 32.7 Å². The number of nitro benzene ring substituents is 1. The van der Waals surface area contributed by atoms with E-state index in [2.05, 4.69) is 9.88 Å². The highest BCUT2D eigenvalue weighted by Gasteiger charge is 2.29. The van der Waals surface area contributed by atoms with Crippen molar-refractivity contribution in [3.05, 3.63) is 56.9 Å². The summed E-state index contributed by atoms with van der Waals surface area (Å²) in [6, 6.07) is 7.47. The van der Waals surface area contributed by atoms with Crippen LogP contribution in [0.5, 0.6) is 0 Å². The number of carbonyl (C=O) groups is 2. The van der Waals surface area contributed by atoms with Crippen molar-refractivity contribution in [1.82, 2.24) is 4.57 Å². The second kappa shape index (κ2) is 7.52. The number of nitrogens with one attached hydrogen (secondary N) is 1. The summed E-state index contributed by atoms with van der Waals surface area (Å²) in [5.74, 6) is -1.24. The number of hydrogen-bond donors (Lipinski definition) is 1. The topological polar surface area (TPSA) is 127 Å². The van der Waals surface area contributed by atoms with Crippen LogP contribution < -0.4 is 5.32 Å². The van der Waals surface area contributed by atoms with Gasteiger partial charge in [0.25, 0.3) is 11.6 Å². The normalized spacial score (nSPS) is 12.9. The minimum Gasteiger partial charge on any atom is -0.452 e. The van der Waals surface area contributed by atoms with Crippen LogP contribution in [0.4, 0.5) is 11.4 Å². The number of rotatable bonds is 6. The average molecular weight is 382 g/mol. The van der Waals surface area contributed by atoms with Gasteiger partial charge in [0.15, 0.2) is 6.61 Å². The summed E-state index contributed by atoms with van der Waals surface area (Å²) in [6.07, 6.45) is 2.17. The van der Waals surface area contributed by atoms with E-state index in [1.54, 1.807) is 12.1 Å². The number of aryl methyl sites for hydroxylation is 1. The number of non-ortho nitro benzene ring substituents is 1. The molecule has 0 saturated heterocycles. The van der Waals surface area contributed by atoms with Crippen LogP contribution in [0, 0.1) is 35.3 Å². The molecule has 9 heteroatoms. The number of carbonyl (C=O) groups excluding carboxylic acids is 2. The molecule has 0 unspecified atom stereocenters. The van der Waals surface area contributed by atoms with Crippen LogP contribution in [0.2, 0.25) is 0 Å². The molecule has 1 aliphatic carbocycles. The fraction of sp³-hybridized carbons (Fsp3) is 0.316. The first-order valence-corrected chi connectivity index (χ1v) is 8.65. The Bertz CT molecular complexity index is 1010. The second-order valence-electron chi connectivity index (χ2n) is 6.61. The van der Waals surface area contributed by atoms with Crippen LogP contribution in [0.15, 0.2) is 24.3 Å². The maximum atomic E-state index is 12.3. The highest BCUT2D eigenvalue weighted by molar-refractivity contribution is 5.97. The van der Waals surface area contributed by atoms with Crippen molar-refractivity contribution in [1.29, 1.82) is 5.26 Å². The van der Waals surface area contributed by atoms with Crippen LogP contribution >= 0.6 is 0 Å². The van der Waals surface area contributed by atoms with Crippen molar-refractivity contribution in [3.8, 4) is 6.07 Å². The lowest BCUT2D eigenvalue weighted by Gasteiger charge is -2.09. The number of aromatic nitrogens is 1. The molecule has 1 N–H and O–H groups in total. The van der Waals surface area contributed by atoms with Crippen LogP contribution in [0.25, 0.3) is 0 Å². The Labute approximate surface area is 160 Å². The number of nitrogens with zero attached hydrogens (tertiary/aromatic N) is 3. The molecule has 2 aromatic rings. The molecule has 1 saturated carbocycles. The Hall–Kier alpha value is -3.67. The van der Waals surface area contributed by atoms with E-state index in [0.717, 1.165) is 30.3 Å². The summed E-state index contributed by atoms with van der Waals surface area (Å²) in [5, 5.41) is 22.3. The Morgan fingerprint density at radius 2 is 2.07 bits per heavy atom. The second-order valence-corrected chi connectivity index (χ2v) is 6.61. The lowest BCUT2D eigenvalue weighted by Crippen LogP contribution is -2.21. The van der Waals surface area contributed by atoms with Gasteiger partial charge in [-0.05, 0) is 38.8 Å². The van der Waals surface area contributed by atoms with E-state index in [-0.39, 0.29) is 16.9 Å². The zero-order valence-electron chi connectivity index (χ0n) is 15.4. The van der Waals surface area contributed by atoms with Gasteiger partial charge in [-0.2, -0.15) is 5.26 Å². The Morgan fingerprint density at radius 3 is 2.68 bits per heavy atom. The molecular formula is C19H18N4O5. The molecule has 28 heavy (non-hydrogen) atoms. The summed E-state index contributed by atoms with van der Waals surface area (Å²) in [4.78, 5) is 34.5. The van der Waals surface area contributed by atoms with Crippen molar-refractivity contribution in [2.75, 3.05) is 11.9 Å². The molecule has 1 heterocycles. The smallest absolute Gasteiger partial charge is 0.340 e. The number of amides is 1. The van der Waals surface area contributed by atoms with E-state index in [0.29, 0.717) is 11.6 Å². The van der Waals surface area contributed by atoms with Crippen LogP contribution in [0.3, 0.4) is 0 Å². The van der Waals surface area contributed by atoms with Gasteiger partial charge in [0.05, 0.1) is 21.7 Å². The van der Waals surface area contributed by atoms with Crippen LogP contribution in [-0.4, -0.2) is 28.0 Å². The third-order valence-electron chi connectivity index (χ3n) is 4.56. The fourth-order valence-corrected chi connectivity index (χ4v) is 3.12. The van der Waals surface area contributed by atoms with E-state index in [1.807, 2.05) is 13.8 Å². The average Bonchev–Trinajstić information content (AvgIpc) is 3.44. The molecule has 0 aliphatic heterocycles. The number of anilines is 1. The van der Waals surface area contributed by atoms with Gasteiger partial charge in [-0.15, -0.1) is 0 Å². The zero-order valence-corrected chi connectivity index (χ0v) is 15.4. The van der Waals surface area contributed by atoms with E-state index in [9.17, 15) is 19.7 Å². The summed E-state index contributed by atoms with van der Waals surface area (Å²) in [5.41, 5.74) is 2.01. The molecule has 0 bridgehead atoms. The number of nitro groups is 1. The first kappa shape index (κ1) is 19.1. The van der Waals surface area contributed by atoms with Gasteiger partial charge in [0, 0.05) is 29.6 Å².